The molecule has 5 nitrogen and oxygen atoms in total. The minimum atomic E-state index is -1.12. The van der Waals surface area contributed by atoms with Crippen LogP contribution in [0.1, 0.15) is 13.3 Å². The molecule has 0 saturated carbocycles. The number of aliphatic carboxylic acids is 2. The average Bonchev–Trinajstić information content (AvgIpc) is 2.04. The molecule has 0 atom stereocenters. The molecule has 0 rings (SSSR count). The first-order chi connectivity index (χ1) is 5.45. The predicted octanol–water partition coefficient (Wildman–Crippen LogP) is 0.712. The number of hydrogen-bond donors (Lipinski definition) is 2. The lowest BCUT2D eigenvalue weighted by molar-refractivity contribution is -0.137. The molecule has 0 aromatic carbocycles. The zero-order valence-electron chi connectivity index (χ0n) is 7.03. The van der Waals surface area contributed by atoms with Gasteiger partial charge < -0.3 is 14.9 Å². The molecule has 0 radical (unpaired) electrons. The van der Waals surface area contributed by atoms with Gasteiger partial charge in [0.2, 0.25) is 0 Å². The lowest BCUT2D eigenvalue weighted by Gasteiger charge is -1.92. The fourth-order valence-corrected chi connectivity index (χ4v) is 0.0873. The first-order valence-electron chi connectivity index (χ1n) is 3.13. The Kier molecular flexibility index (Phi) is 8.28. The monoisotopic (exact) mass is 176 g/mol. The normalized spacial score (nSPS) is 7.50. The van der Waals surface area contributed by atoms with Gasteiger partial charge >= 0.3 is 11.9 Å². The first kappa shape index (κ1) is 13.1. The standard InChI is InChI=1S/C4H6O3.C3H6O2/c1-3(7-2)4(5)6;1-2-3(4)5/h1H2,2H3,(H,5,6);2H2,1H3,(H,4,5). The number of hydrogen-bond acceptors (Lipinski definition) is 3. The Morgan fingerprint density at radius 3 is 1.75 bits per heavy atom. The van der Waals surface area contributed by atoms with Gasteiger partial charge in [-0.25, -0.2) is 4.79 Å². The van der Waals surface area contributed by atoms with Crippen molar-refractivity contribution in [1.29, 1.82) is 0 Å². The van der Waals surface area contributed by atoms with E-state index in [1.54, 1.807) is 6.92 Å². The van der Waals surface area contributed by atoms with Crippen LogP contribution in [-0.2, 0) is 14.3 Å². The molecular weight excluding hydrogens is 164 g/mol. The van der Waals surface area contributed by atoms with Crippen LogP contribution in [0.2, 0.25) is 0 Å². The van der Waals surface area contributed by atoms with Crippen LogP contribution in [0, 0.1) is 0 Å². The largest absolute Gasteiger partial charge is 0.490 e. The summed E-state index contributed by atoms with van der Waals surface area (Å²) in [4.78, 5) is 19.1. The summed E-state index contributed by atoms with van der Waals surface area (Å²) in [6, 6.07) is 0. The number of carboxylic acids is 2. The van der Waals surface area contributed by atoms with Gasteiger partial charge in [0.05, 0.1) is 7.11 Å². The summed E-state index contributed by atoms with van der Waals surface area (Å²) in [6.45, 7) is 4.65. The maximum absolute atomic E-state index is 9.71. The summed E-state index contributed by atoms with van der Waals surface area (Å²) in [5.41, 5.74) is 0. The van der Waals surface area contributed by atoms with Crippen molar-refractivity contribution < 1.29 is 24.5 Å². The van der Waals surface area contributed by atoms with Gasteiger partial charge in [-0.1, -0.05) is 6.92 Å². The highest BCUT2D eigenvalue weighted by molar-refractivity contribution is 5.83. The maximum Gasteiger partial charge on any atom is 0.370 e. The van der Waals surface area contributed by atoms with Gasteiger partial charge in [0.1, 0.15) is 0 Å². The third-order valence-electron chi connectivity index (χ3n) is 0.787. The summed E-state index contributed by atoms with van der Waals surface area (Å²) in [7, 11) is 1.26. The minimum Gasteiger partial charge on any atom is -0.490 e. The summed E-state index contributed by atoms with van der Waals surface area (Å²) in [5, 5.41) is 15.7. The highest BCUT2D eigenvalue weighted by atomic mass is 16.5. The van der Waals surface area contributed by atoms with Gasteiger partial charge in [0, 0.05) is 6.42 Å². The Morgan fingerprint density at radius 2 is 1.75 bits per heavy atom. The molecule has 2 N–H and O–H groups in total. The molecule has 70 valence electrons. The van der Waals surface area contributed by atoms with Crippen molar-refractivity contribution in [3.05, 3.63) is 12.3 Å². The van der Waals surface area contributed by atoms with Crippen LogP contribution in [-0.4, -0.2) is 29.3 Å². The van der Waals surface area contributed by atoms with E-state index in [0.29, 0.717) is 0 Å². The van der Waals surface area contributed by atoms with Crippen LogP contribution >= 0.6 is 0 Å². The quantitative estimate of drug-likeness (QED) is 0.488. The lowest BCUT2D eigenvalue weighted by Crippen LogP contribution is -1.99. The molecule has 0 aromatic heterocycles. The molecule has 5 heteroatoms. The molecule has 0 spiro atoms. The van der Waals surface area contributed by atoms with Crippen LogP contribution in [0.5, 0.6) is 0 Å². The Labute approximate surface area is 70.3 Å². The van der Waals surface area contributed by atoms with Gasteiger partial charge in [0.25, 0.3) is 0 Å². The Balaban J connectivity index is 0. The second-order valence-corrected chi connectivity index (χ2v) is 1.68. The van der Waals surface area contributed by atoms with Gasteiger partial charge in [-0.05, 0) is 6.58 Å². The van der Waals surface area contributed by atoms with E-state index in [2.05, 4.69) is 11.3 Å². The van der Waals surface area contributed by atoms with E-state index >= 15 is 0 Å². The zero-order chi connectivity index (χ0) is 10.1. The fraction of sp³-hybridized carbons (Fsp3) is 0.429. The molecular formula is C7H12O5. The SMILES string of the molecule is C=C(OC)C(=O)O.CCC(=O)O. The summed E-state index contributed by atoms with van der Waals surface area (Å²) in [6.07, 6.45) is 0.222. The maximum atomic E-state index is 9.71. The second-order valence-electron chi connectivity index (χ2n) is 1.68. The molecule has 12 heavy (non-hydrogen) atoms. The van der Waals surface area contributed by atoms with Crippen molar-refractivity contribution in [2.45, 2.75) is 13.3 Å². The molecule has 0 amide bonds. The number of rotatable bonds is 3. The van der Waals surface area contributed by atoms with E-state index in [0.717, 1.165) is 0 Å². The fourth-order valence-electron chi connectivity index (χ4n) is 0.0873. The Bertz CT molecular complexity index is 173. The molecule has 0 aliphatic carbocycles. The summed E-state index contributed by atoms with van der Waals surface area (Å²) < 4.78 is 4.22. The highest BCUT2D eigenvalue weighted by Gasteiger charge is 1.98. The van der Waals surface area contributed by atoms with Crippen molar-refractivity contribution in [1.82, 2.24) is 0 Å². The van der Waals surface area contributed by atoms with Gasteiger partial charge in [-0.15, -0.1) is 0 Å². The Morgan fingerprint density at radius 1 is 1.42 bits per heavy atom. The number of carboxylic acid groups (broad SMARTS) is 2. The second kappa shape index (κ2) is 7.59. The Hall–Kier alpha value is -1.52. The highest BCUT2D eigenvalue weighted by Crippen LogP contribution is 1.86. The van der Waals surface area contributed by atoms with E-state index in [-0.39, 0.29) is 12.2 Å². The number of ether oxygens (including phenoxy) is 1. The minimum absolute atomic E-state index is 0.222. The summed E-state index contributed by atoms with van der Waals surface area (Å²) in [5.74, 6) is -2.10. The topological polar surface area (TPSA) is 83.8 Å². The average molecular weight is 176 g/mol. The molecule has 0 unspecified atom stereocenters. The zero-order valence-corrected chi connectivity index (χ0v) is 7.03. The summed E-state index contributed by atoms with van der Waals surface area (Å²) >= 11 is 0. The van der Waals surface area contributed by atoms with Crippen LogP contribution < -0.4 is 0 Å². The van der Waals surface area contributed by atoms with Crippen LogP contribution in [0.25, 0.3) is 0 Å². The van der Waals surface area contributed by atoms with Gasteiger partial charge in [-0.2, -0.15) is 0 Å². The van der Waals surface area contributed by atoms with Crippen molar-refractivity contribution in [2.75, 3.05) is 7.11 Å². The van der Waals surface area contributed by atoms with Crippen molar-refractivity contribution in [3.63, 3.8) is 0 Å². The van der Waals surface area contributed by atoms with E-state index in [9.17, 15) is 9.59 Å². The third-order valence-corrected chi connectivity index (χ3v) is 0.787. The smallest absolute Gasteiger partial charge is 0.370 e. The molecule has 0 heterocycles. The third kappa shape index (κ3) is 11.3. The molecule has 0 aliphatic heterocycles. The molecule has 0 saturated heterocycles. The number of methoxy groups -OCH3 is 1. The number of carbonyl (C=O) groups is 2. The molecule has 0 fully saturated rings. The van der Waals surface area contributed by atoms with Gasteiger partial charge in [0.15, 0.2) is 5.76 Å². The van der Waals surface area contributed by atoms with E-state index in [1.807, 2.05) is 0 Å². The van der Waals surface area contributed by atoms with Crippen molar-refractivity contribution >= 4 is 11.9 Å². The molecule has 0 bridgehead atoms. The first-order valence-corrected chi connectivity index (χ1v) is 3.13. The molecule has 0 aromatic rings. The van der Waals surface area contributed by atoms with E-state index in [1.165, 1.54) is 7.11 Å². The lowest BCUT2D eigenvalue weighted by atomic mass is 10.5. The van der Waals surface area contributed by atoms with Crippen LogP contribution in [0.15, 0.2) is 12.3 Å². The predicted molar refractivity (Wildman–Crippen MR) is 41.7 cm³/mol. The van der Waals surface area contributed by atoms with Crippen LogP contribution in [0.4, 0.5) is 0 Å². The van der Waals surface area contributed by atoms with E-state index < -0.39 is 11.9 Å². The van der Waals surface area contributed by atoms with Crippen molar-refractivity contribution in [2.24, 2.45) is 0 Å². The molecule has 0 aliphatic rings. The van der Waals surface area contributed by atoms with Gasteiger partial charge in [-0.3, -0.25) is 4.79 Å². The van der Waals surface area contributed by atoms with E-state index in [4.69, 9.17) is 10.2 Å². The van der Waals surface area contributed by atoms with Crippen molar-refractivity contribution in [3.8, 4) is 0 Å². The van der Waals surface area contributed by atoms with Crippen LogP contribution in [0.3, 0.4) is 0 Å².